The molecule has 81 valence electrons. The van der Waals surface area contributed by atoms with Gasteiger partial charge in [-0.05, 0) is 17.5 Å². The van der Waals surface area contributed by atoms with Crippen LogP contribution in [0.1, 0.15) is 34.8 Å². The highest BCUT2D eigenvalue weighted by Gasteiger charge is 2.13. The number of hydrogen-bond donors (Lipinski definition) is 1. The smallest absolute Gasteiger partial charge is 0.535 e. The Morgan fingerprint density at radius 3 is 2.80 bits per heavy atom. The highest BCUT2D eigenvalue weighted by Crippen LogP contribution is 2.32. The molecule has 1 radical (unpaired) electrons. The Hall–Kier alpha value is -1.23. The van der Waals surface area contributed by atoms with Crippen molar-refractivity contribution in [3.63, 3.8) is 0 Å². The maximum Gasteiger partial charge on any atom is 0.569 e. The normalized spacial score (nSPS) is 19.5. The molecule has 5 heteroatoms. The number of benzene rings is 1. The van der Waals surface area contributed by atoms with Crippen molar-refractivity contribution in [2.45, 2.75) is 19.6 Å². The van der Waals surface area contributed by atoms with E-state index in [1.807, 2.05) is 0 Å². The van der Waals surface area contributed by atoms with Crippen LogP contribution in [-0.2, 0) is 0 Å². The third-order valence-corrected chi connectivity index (χ3v) is 1.70. The van der Waals surface area contributed by atoms with E-state index in [1.165, 1.54) is 7.11 Å². The van der Waals surface area contributed by atoms with Crippen molar-refractivity contribution >= 4 is 7.69 Å². The number of hydrogen-bond acceptors (Lipinski definition) is 3. The second-order valence-corrected chi connectivity index (χ2v) is 2.58. The summed E-state index contributed by atoms with van der Waals surface area (Å²) in [6.45, 7) is -6.68. The average molecular weight is 218 g/mol. The Balaban J connectivity index is 3.67. The molecule has 0 heterocycles. The van der Waals surface area contributed by atoms with Crippen LogP contribution in [0.25, 0.3) is 0 Å². The summed E-state index contributed by atoms with van der Waals surface area (Å²) in [5, 5.41) is 8.66. The summed E-state index contributed by atoms with van der Waals surface area (Å²) >= 11 is 0. The Bertz CT molecular complexity index is 533. The number of halogens is 1. The molecular formula is C10H13BFO3. The molecule has 0 spiro atoms. The molecule has 0 unspecified atom stereocenters. The lowest BCUT2D eigenvalue weighted by Gasteiger charge is -2.13. The summed E-state index contributed by atoms with van der Waals surface area (Å²) in [6.07, 6.45) is 0. The Morgan fingerprint density at radius 2 is 2.27 bits per heavy atom. The summed E-state index contributed by atoms with van der Waals surface area (Å²) < 4.78 is 75.5. The Kier molecular flexibility index (Phi) is 1.74. The van der Waals surface area contributed by atoms with E-state index in [4.69, 9.17) is 19.4 Å². The third-order valence-electron chi connectivity index (χ3n) is 1.70. The number of methoxy groups -OCH3 is 1. The van der Waals surface area contributed by atoms with E-state index in [0.717, 1.165) is 0 Å². The quantitative estimate of drug-likeness (QED) is 0.784. The molecule has 0 fully saturated rings. The van der Waals surface area contributed by atoms with Crippen LogP contribution >= 0.6 is 0 Å². The van der Waals surface area contributed by atoms with Gasteiger partial charge in [0.05, 0.1) is 7.11 Å². The maximum absolute atomic E-state index is 14.2. The van der Waals surface area contributed by atoms with Crippen molar-refractivity contribution in [3.8, 4) is 11.5 Å². The van der Waals surface area contributed by atoms with Crippen molar-refractivity contribution in [1.29, 1.82) is 0 Å². The predicted octanol–water partition coefficient (Wildman–Crippen LogP) is 1.86. The van der Waals surface area contributed by atoms with E-state index in [1.54, 1.807) is 0 Å². The van der Waals surface area contributed by atoms with Gasteiger partial charge in [0.2, 0.25) is 0 Å². The summed E-state index contributed by atoms with van der Waals surface area (Å²) in [5.74, 6) is -5.00. The standard InChI is InChI=1S/C10H13BFO3/c1-6(2)7-4-10(15-11-13)9(14-3)5-8(7)12/h4-6,13H,1-3H3/i1D3,2D3,6D. The van der Waals surface area contributed by atoms with E-state index in [2.05, 4.69) is 4.65 Å². The van der Waals surface area contributed by atoms with Gasteiger partial charge >= 0.3 is 7.69 Å². The van der Waals surface area contributed by atoms with Crippen LogP contribution in [0.4, 0.5) is 4.39 Å². The molecule has 0 bridgehead atoms. The van der Waals surface area contributed by atoms with Crippen molar-refractivity contribution in [1.82, 2.24) is 0 Å². The lowest BCUT2D eigenvalue weighted by Crippen LogP contribution is -2.04. The topological polar surface area (TPSA) is 38.7 Å². The molecule has 0 saturated heterocycles. The van der Waals surface area contributed by atoms with Gasteiger partial charge in [0.1, 0.15) is 11.6 Å². The van der Waals surface area contributed by atoms with Crippen LogP contribution in [0.5, 0.6) is 11.5 Å². The van der Waals surface area contributed by atoms with Crippen LogP contribution < -0.4 is 9.39 Å². The van der Waals surface area contributed by atoms with E-state index in [9.17, 15) is 4.39 Å². The zero-order chi connectivity index (χ0) is 17.3. The molecule has 0 atom stereocenters. The minimum atomic E-state index is -3.34. The zero-order valence-electron chi connectivity index (χ0n) is 14.9. The second-order valence-electron chi connectivity index (χ2n) is 2.58. The highest BCUT2D eigenvalue weighted by atomic mass is 19.1. The first-order chi connectivity index (χ1) is 9.90. The minimum absolute atomic E-state index is 0.204. The second kappa shape index (κ2) is 5.02. The van der Waals surface area contributed by atoms with E-state index >= 15 is 0 Å². The highest BCUT2D eigenvalue weighted by molar-refractivity contribution is 6.17. The van der Waals surface area contributed by atoms with Crippen molar-refractivity contribution in [2.75, 3.05) is 7.11 Å². The van der Waals surface area contributed by atoms with Crippen LogP contribution in [0.15, 0.2) is 12.1 Å². The molecule has 0 amide bonds. The first kappa shape index (κ1) is 5.21. The van der Waals surface area contributed by atoms with E-state index in [0.29, 0.717) is 12.1 Å². The molecule has 0 aliphatic heterocycles. The van der Waals surface area contributed by atoms with Crippen LogP contribution in [0, 0.1) is 5.82 Å². The van der Waals surface area contributed by atoms with E-state index in [-0.39, 0.29) is 19.2 Å². The average Bonchev–Trinajstić information content (AvgIpc) is 2.37. The predicted molar refractivity (Wildman–Crippen MR) is 55.6 cm³/mol. The largest absolute Gasteiger partial charge is 0.569 e. The molecule has 3 nitrogen and oxygen atoms in total. The molecule has 15 heavy (non-hydrogen) atoms. The van der Waals surface area contributed by atoms with Crippen molar-refractivity contribution < 1.29 is 28.4 Å². The van der Waals surface area contributed by atoms with Crippen LogP contribution in [0.3, 0.4) is 0 Å². The monoisotopic (exact) mass is 218 g/mol. The van der Waals surface area contributed by atoms with Crippen LogP contribution in [0.2, 0.25) is 0 Å². The van der Waals surface area contributed by atoms with Crippen LogP contribution in [-0.4, -0.2) is 19.8 Å². The molecule has 1 rings (SSSR count). The Morgan fingerprint density at radius 1 is 1.53 bits per heavy atom. The Labute approximate surface area is 99.0 Å². The lowest BCUT2D eigenvalue weighted by atomic mass is 10.0. The van der Waals surface area contributed by atoms with Gasteiger partial charge < -0.3 is 14.4 Å². The zero-order valence-corrected chi connectivity index (χ0v) is 7.87. The fourth-order valence-electron chi connectivity index (χ4n) is 1.04. The molecule has 0 aliphatic carbocycles. The number of ether oxygens (including phenoxy) is 1. The summed E-state index contributed by atoms with van der Waals surface area (Å²) in [5.41, 5.74) is -0.912. The van der Waals surface area contributed by atoms with Gasteiger partial charge in [-0.2, -0.15) is 0 Å². The molecule has 1 aromatic rings. The first-order valence-corrected chi connectivity index (χ1v) is 3.90. The minimum Gasteiger partial charge on any atom is -0.535 e. The van der Waals surface area contributed by atoms with Crippen molar-refractivity contribution in [2.24, 2.45) is 0 Å². The summed E-state index contributed by atoms with van der Waals surface area (Å²) in [6, 6.07) is 1.40. The molecular weight excluding hydrogens is 198 g/mol. The maximum atomic E-state index is 14.2. The van der Waals surface area contributed by atoms with Gasteiger partial charge in [-0.1, -0.05) is 13.7 Å². The molecule has 1 aromatic carbocycles. The first-order valence-electron chi connectivity index (χ1n) is 7.40. The lowest BCUT2D eigenvalue weighted by molar-refractivity contribution is 0.377. The summed E-state index contributed by atoms with van der Waals surface area (Å²) in [4.78, 5) is 0. The van der Waals surface area contributed by atoms with Gasteiger partial charge in [-0.3, -0.25) is 0 Å². The fraction of sp³-hybridized carbons (Fsp3) is 0.400. The van der Waals surface area contributed by atoms with Gasteiger partial charge in [0, 0.05) is 15.7 Å². The molecule has 0 aromatic heterocycles. The summed E-state index contributed by atoms with van der Waals surface area (Å²) in [7, 11) is 1.40. The van der Waals surface area contributed by atoms with E-state index < -0.39 is 31.0 Å². The van der Waals surface area contributed by atoms with Gasteiger partial charge in [0.15, 0.2) is 5.75 Å². The van der Waals surface area contributed by atoms with Gasteiger partial charge in [-0.25, -0.2) is 4.39 Å². The third kappa shape index (κ3) is 2.62. The van der Waals surface area contributed by atoms with Gasteiger partial charge in [-0.15, -0.1) is 0 Å². The SMILES string of the molecule is [2H]C([2H])([2H])C([2H])(c1cc(O[B]O)c(OC)cc1F)C([2H])([2H])[2H]. The molecule has 0 saturated carbocycles. The molecule has 0 aliphatic rings. The fourth-order valence-corrected chi connectivity index (χ4v) is 1.04. The van der Waals surface area contributed by atoms with Gasteiger partial charge in [0.25, 0.3) is 0 Å². The number of rotatable bonds is 4. The molecule has 1 N–H and O–H groups in total. The van der Waals surface area contributed by atoms with Crippen molar-refractivity contribution in [3.05, 3.63) is 23.5 Å².